The molecule has 1 aromatic heterocycles. The van der Waals surface area contributed by atoms with Gasteiger partial charge in [-0.25, -0.2) is 4.98 Å². The lowest BCUT2D eigenvalue weighted by molar-refractivity contribution is -0.122. The van der Waals surface area contributed by atoms with Gasteiger partial charge in [-0.1, -0.05) is 0 Å². The Morgan fingerprint density at radius 3 is 2.90 bits per heavy atom. The standard InChI is InChI=1S/C16H19N3O2/c1-21-13-5-6-14-12(10-13)4-7-15(19-14)17-8-9-18-16(20)11-2-3-11/h4-7,10-11H,2-3,8-9H2,1H3,(H,17,19)(H,18,20). The molecular weight excluding hydrogens is 266 g/mol. The molecule has 0 unspecified atom stereocenters. The fourth-order valence-electron chi connectivity index (χ4n) is 2.20. The molecule has 1 heterocycles. The van der Waals surface area contributed by atoms with E-state index in [1.54, 1.807) is 7.11 Å². The van der Waals surface area contributed by atoms with Crippen LogP contribution in [0.1, 0.15) is 12.8 Å². The largest absolute Gasteiger partial charge is 0.497 e. The zero-order valence-electron chi connectivity index (χ0n) is 12.1. The summed E-state index contributed by atoms with van der Waals surface area (Å²) in [5.74, 6) is 2.08. The van der Waals surface area contributed by atoms with Crippen LogP contribution in [0, 0.1) is 5.92 Å². The highest BCUT2D eigenvalue weighted by Gasteiger charge is 2.28. The Morgan fingerprint density at radius 1 is 1.29 bits per heavy atom. The average Bonchev–Trinajstić information content (AvgIpc) is 3.35. The summed E-state index contributed by atoms with van der Waals surface area (Å²) < 4.78 is 5.20. The average molecular weight is 285 g/mol. The van der Waals surface area contributed by atoms with Crippen LogP contribution < -0.4 is 15.4 Å². The number of hydrogen-bond acceptors (Lipinski definition) is 4. The molecule has 0 atom stereocenters. The van der Waals surface area contributed by atoms with Crippen molar-refractivity contribution in [3.63, 3.8) is 0 Å². The third kappa shape index (κ3) is 3.42. The Hall–Kier alpha value is -2.30. The summed E-state index contributed by atoms with van der Waals surface area (Å²) in [6.07, 6.45) is 2.07. The van der Waals surface area contributed by atoms with Crippen LogP contribution in [-0.2, 0) is 4.79 Å². The minimum Gasteiger partial charge on any atom is -0.497 e. The summed E-state index contributed by atoms with van der Waals surface area (Å²) in [5.41, 5.74) is 0.919. The highest BCUT2D eigenvalue weighted by Crippen LogP contribution is 2.28. The quantitative estimate of drug-likeness (QED) is 0.799. The van der Waals surface area contributed by atoms with Crippen molar-refractivity contribution < 1.29 is 9.53 Å². The molecule has 0 aliphatic heterocycles. The van der Waals surface area contributed by atoms with E-state index in [1.807, 2.05) is 30.3 Å². The van der Waals surface area contributed by atoms with Crippen LogP contribution in [-0.4, -0.2) is 31.1 Å². The van der Waals surface area contributed by atoms with Crippen molar-refractivity contribution in [2.75, 3.05) is 25.5 Å². The maximum atomic E-state index is 11.5. The van der Waals surface area contributed by atoms with Crippen molar-refractivity contribution in [1.29, 1.82) is 0 Å². The van der Waals surface area contributed by atoms with E-state index in [9.17, 15) is 4.79 Å². The summed E-state index contributed by atoms with van der Waals surface area (Å²) in [6.45, 7) is 1.30. The Labute approximate surface area is 123 Å². The van der Waals surface area contributed by atoms with Gasteiger partial charge in [-0.15, -0.1) is 0 Å². The number of nitrogens with one attached hydrogen (secondary N) is 2. The number of pyridine rings is 1. The van der Waals surface area contributed by atoms with Gasteiger partial charge in [-0.2, -0.15) is 0 Å². The Bertz CT molecular complexity index is 653. The summed E-state index contributed by atoms with van der Waals surface area (Å²) in [6, 6.07) is 9.74. The Morgan fingerprint density at radius 2 is 2.14 bits per heavy atom. The van der Waals surface area contributed by atoms with Crippen molar-refractivity contribution in [2.45, 2.75) is 12.8 Å². The number of carbonyl (C=O) groups is 1. The van der Waals surface area contributed by atoms with E-state index in [2.05, 4.69) is 15.6 Å². The lowest BCUT2D eigenvalue weighted by Gasteiger charge is -2.08. The molecule has 21 heavy (non-hydrogen) atoms. The van der Waals surface area contributed by atoms with Crippen LogP contribution >= 0.6 is 0 Å². The van der Waals surface area contributed by atoms with Gasteiger partial charge in [-0.3, -0.25) is 4.79 Å². The molecule has 1 amide bonds. The second-order valence-electron chi connectivity index (χ2n) is 5.25. The number of carbonyl (C=O) groups excluding carboxylic acids is 1. The monoisotopic (exact) mass is 285 g/mol. The summed E-state index contributed by atoms with van der Waals surface area (Å²) in [4.78, 5) is 16.0. The summed E-state index contributed by atoms with van der Waals surface area (Å²) in [7, 11) is 1.65. The second kappa shape index (κ2) is 5.99. The molecule has 0 radical (unpaired) electrons. The van der Waals surface area contributed by atoms with Gasteiger partial charge in [-0.05, 0) is 43.2 Å². The van der Waals surface area contributed by atoms with Crippen LogP contribution in [0.25, 0.3) is 10.9 Å². The predicted molar refractivity (Wildman–Crippen MR) is 82.5 cm³/mol. The molecule has 1 aliphatic carbocycles. The molecule has 110 valence electrons. The van der Waals surface area contributed by atoms with E-state index in [4.69, 9.17) is 4.74 Å². The first kappa shape index (κ1) is 13.7. The minimum atomic E-state index is 0.176. The maximum absolute atomic E-state index is 11.5. The number of benzene rings is 1. The van der Waals surface area contributed by atoms with Crippen LogP contribution in [0.15, 0.2) is 30.3 Å². The van der Waals surface area contributed by atoms with E-state index < -0.39 is 0 Å². The minimum absolute atomic E-state index is 0.176. The molecule has 0 saturated heterocycles. The van der Waals surface area contributed by atoms with Gasteiger partial charge in [0.1, 0.15) is 11.6 Å². The van der Waals surface area contributed by atoms with Gasteiger partial charge in [0.05, 0.1) is 12.6 Å². The Kier molecular flexibility index (Phi) is 3.90. The van der Waals surface area contributed by atoms with Gasteiger partial charge >= 0.3 is 0 Å². The number of amides is 1. The maximum Gasteiger partial charge on any atom is 0.223 e. The van der Waals surface area contributed by atoms with E-state index in [-0.39, 0.29) is 11.8 Å². The zero-order chi connectivity index (χ0) is 14.7. The molecule has 1 aliphatic rings. The SMILES string of the molecule is COc1ccc2nc(NCCNC(=O)C3CC3)ccc2c1. The Balaban J connectivity index is 1.55. The molecule has 2 aromatic rings. The van der Waals surface area contributed by atoms with Crippen molar-refractivity contribution in [3.8, 4) is 5.75 Å². The molecular formula is C16H19N3O2. The summed E-state index contributed by atoms with van der Waals surface area (Å²) >= 11 is 0. The first-order valence-corrected chi connectivity index (χ1v) is 7.22. The molecule has 5 heteroatoms. The van der Waals surface area contributed by atoms with Gasteiger partial charge in [0, 0.05) is 24.4 Å². The van der Waals surface area contributed by atoms with Crippen molar-refractivity contribution in [2.24, 2.45) is 5.92 Å². The number of aromatic nitrogens is 1. The molecule has 0 bridgehead atoms. The lowest BCUT2D eigenvalue weighted by Crippen LogP contribution is -2.29. The fraction of sp³-hybridized carbons (Fsp3) is 0.375. The first-order valence-electron chi connectivity index (χ1n) is 7.22. The van der Waals surface area contributed by atoms with E-state index in [0.29, 0.717) is 13.1 Å². The van der Waals surface area contributed by atoms with Crippen molar-refractivity contribution >= 4 is 22.6 Å². The number of nitrogens with zero attached hydrogens (tertiary/aromatic N) is 1. The molecule has 3 rings (SSSR count). The van der Waals surface area contributed by atoms with Crippen LogP contribution in [0.3, 0.4) is 0 Å². The van der Waals surface area contributed by atoms with Crippen LogP contribution in [0.2, 0.25) is 0 Å². The van der Waals surface area contributed by atoms with Crippen LogP contribution in [0.5, 0.6) is 5.75 Å². The number of ether oxygens (including phenoxy) is 1. The summed E-state index contributed by atoms with van der Waals surface area (Å²) in [5, 5.41) is 7.19. The molecule has 1 fully saturated rings. The zero-order valence-corrected chi connectivity index (χ0v) is 12.1. The third-order valence-electron chi connectivity index (χ3n) is 3.57. The van der Waals surface area contributed by atoms with Gasteiger partial charge in [0.2, 0.25) is 5.91 Å². The van der Waals surface area contributed by atoms with Gasteiger partial charge in [0.15, 0.2) is 0 Å². The van der Waals surface area contributed by atoms with Crippen molar-refractivity contribution in [3.05, 3.63) is 30.3 Å². The fourth-order valence-corrected chi connectivity index (χ4v) is 2.20. The number of rotatable bonds is 6. The number of anilines is 1. The topological polar surface area (TPSA) is 63.2 Å². The highest BCUT2D eigenvalue weighted by atomic mass is 16.5. The molecule has 2 N–H and O–H groups in total. The lowest BCUT2D eigenvalue weighted by atomic mass is 10.2. The number of hydrogen-bond donors (Lipinski definition) is 2. The normalized spacial score (nSPS) is 14.0. The van der Waals surface area contributed by atoms with E-state index >= 15 is 0 Å². The molecule has 1 saturated carbocycles. The molecule has 5 nitrogen and oxygen atoms in total. The van der Waals surface area contributed by atoms with Crippen molar-refractivity contribution in [1.82, 2.24) is 10.3 Å². The number of fused-ring (bicyclic) bond motifs is 1. The highest BCUT2D eigenvalue weighted by molar-refractivity contribution is 5.82. The predicted octanol–water partition coefficient (Wildman–Crippen LogP) is 2.18. The molecule has 1 aromatic carbocycles. The number of methoxy groups -OCH3 is 1. The van der Waals surface area contributed by atoms with E-state index in [1.165, 1.54) is 0 Å². The van der Waals surface area contributed by atoms with E-state index in [0.717, 1.165) is 35.3 Å². The third-order valence-corrected chi connectivity index (χ3v) is 3.57. The smallest absolute Gasteiger partial charge is 0.223 e. The second-order valence-corrected chi connectivity index (χ2v) is 5.25. The van der Waals surface area contributed by atoms with Crippen LogP contribution in [0.4, 0.5) is 5.82 Å². The van der Waals surface area contributed by atoms with Gasteiger partial charge in [0.25, 0.3) is 0 Å². The first-order chi connectivity index (χ1) is 10.3. The van der Waals surface area contributed by atoms with Gasteiger partial charge < -0.3 is 15.4 Å². The molecule has 0 spiro atoms.